The second-order valence-corrected chi connectivity index (χ2v) is 6.07. The molecule has 1 aliphatic rings. The Hall–Kier alpha value is -0.490. The molecule has 0 saturated carbocycles. The smallest absolute Gasteiger partial charge is 0.232 e. The standard InChI is InChI=1S/C11H16BrN3OS/c1-16-10-9(12)7-14-11(15-10)13-6-8-2-4-17-5-3-8/h7-8H,2-6H2,1H3,(H,13,14,15). The second-order valence-electron chi connectivity index (χ2n) is 3.99. The van der Waals surface area contributed by atoms with Gasteiger partial charge in [0.2, 0.25) is 11.8 Å². The summed E-state index contributed by atoms with van der Waals surface area (Å²) in [7, 11) is 1.61. The number of nitrogens with zero attached hydrogens (tertiary/aromatic N) is 2. The highest BCUT2D eigenvalue weighted by atomic mass is 79.9. The fraction of sp³-hybridized carbons (Fsp3) is 0.636. The third-order valence-corrected chi connectivity index (χ3v) is 4.39. The molecule has 4 nitrogen and oxygen atoms in total. The van der Waals surface area contributed by atoms with Crippen molar-refractivity contribution in [2.45, 2.75) is 12.8 Å². The van der Waals surface area contributed by atoms with Gasteiger partial charge in [-0.25, -0.2) is 4.98 Å². The quantitative estimate of drug-likeness (QED) is 0.925. The highest BCUT2D eigenvalue weighted by Crippen LogP contribution is 2.24. The van der Waals surface area contributed by atoms with Crippen LogP contribution in [0.1, 0.15) is 12.8 Å². The van der Waals surface area contributed by atoms with Crippen molar-refractivity contribution in [2.75, 3.05) is 30.5 Å². The molecule has 0 amide bonds. The highest BCUT2D eigenvalue weighted by molar-refractivity contribution is 9.10. The summed E-state index contributed by atoms with van der Waals surface area (Å²) in [6.07, 6.45) is 4.28. The maximum absolute atomic E-state index is 5.14. The van der Waals surface area contributed by atoms with E-state index < -0.39 is 0 Å². The van der Waals surface area contributed by atoms with Crippen LogP contribution in [-0.4, -0.2) is 35.1 Å². The van der Waals surface area contributed by atoms with Gasteiger partial charge in [-0.05, 0) is 46.2 Å². The number of hydrogen-bond donors (Lipinski definition) is 1. The van der Waals surface area contributed by atoms with Crippen LogP contribution < -0.4 is 10.1 Å². The molecule has 1 N–H and O–H groups in total. The third-order valence-electron chi connectivity index (χ3n) is 2.80. The number of thioether (sulfide) groups is 1. The number of ether oxygens (including phenoxy) is 1. The molecule has 1 aliphatic heterocycles. The monoisotopic (exact) mass is 317 g/mol. The first kappa shape index (κ1) is 13.0. The summed E-state index contributed by atoms with van der Waals surface area (Å²) < 4.78 is 5.91. The molecule has 1 saturated heterocycles. The van der Waals surface area contributed by atoms with Gasteiger partial charge in [-0.1, -0.05) is 0 Å². The Labute approximate surface area is 114 Å². The Morgan fingerprint density at radius 3 is 3.00 bits per heavy atom. The number of methoxy groups -OCH3 is 1. The summed E-state index contributed by atoms with van der Waals surface area (Å²) in [6.45, 7) is 0.950. The van der Waals surface area contributed by atoms with E-state index in [0.29, 0.717) is 11.8 Å². The average molecular weight is 318 g/mol. The fourth-order valence-electron chi connectivity index (χ4n) is 1.77. The van der Waals surface area contributed by atoms with E-state index in [1.165, 1.54) is 24.3 Å². The van der Waals surface area contributed by atoms with Crippen LogP contribution in [0.25, 0.3) is 0 Å². The van der Waals surface area contributed by atoms with Gasteiger partial charge in [0.1, 0.15) is 0 Å². The van der Waals surface area contributed by atoms with E-state index in [9.17, 15) is 0 Å². The van der Waals surface area contributed by atoms with Crippen molar-refractivity contribution in [1.82, 2.24) is 9.97 Å². The summed E-state index contributed by atoms with van der Waals surface area (Å²) >= 11 is 5.38. The van der Waals surface area contributed by atoms with Crippen molar-refractivity contribution < 1.29 is 4.74 Å². The average Bonchev–Trinajstić information content (AvgIpc) is 2.39. The molecule has 0 aliphatic carbocycles. The molecule has 0 aromatic carbocycles. The Bertz CT molecular complexity index is 372. The molecule has 0 spiro atoms. The molecule has 1 aromatic rings. The minimum atomic E-state index is 0.571. The zero-order valence-electron chi connectivity index (χ0n) is 9.78. The first-order chi connectivity index (χ1) is 8.29. The SMILES string of the molecule is COc1nc(NCC2CCSCC2)ncc1Br. The lowest BCUT2D eigenvalue weighted by atomic mass is 10.0. The molecule has 0 atom stereocenters. The Balaban J connectivity index is 1.89. The maximum atomic E-state index is 5.14. The molecular formula is C11H16BrN3OS. The largest absolute Gasteiger partial charge is 0.480 e. The van der Waals surface area contributed by atoms with E-state index in [-0.39, 0.29) is 0 Å². The maximum Gasteiger partial charge on any atom is 0.232 e. The molecule has 1 aromatic heterocycles. The predicted octanol–water partition coefficient (Wildman–Crippen LogP) is 2.80. The first-order valence-electron chi connectivity index (χ1n) is 5.67. The van der Waals surface area contributed by atoms with Crippen LogP contribution in [0.15, 0.2) is 10.7 Å². The van der Waals surface area contributed by atoms with Crippen LogP contribution in [0, 0.1) is 5.92 Å². The minimum absolute atomic E-state index is 0.571. The van der Waals surface area contributed by atoms with E-state index in [4.69, 9.17) is 4.74 Å². The van der Waals surface area contributed by atoms with Crippen molar-refractivity contribution in [3.63, 3.8) is 0 Å². The van der Waals surface area contributed by atoms with Gasteiger partial charge >= 0.3 is 0 Å². The number of anilines is 1. The van der Waals surface area contributed by atoms with Gasteiger partial charge in [0.05, 0.1) is 17.8 Å². The van der Waals surface area contributed by atoms with E-state index in [1.807, 2.05) is 11.8 Å². The Kier molecular flexibility index (Phi) is 4.91. The van der Waals surface area contributed by atoms with Crippen molar-refractivity contribution in [3.8, 4) is 5.88 Å². The third kappa shape index (κ3) is 3.74. The van der Waals surface area contributed by atoms with E-state index in [2.05, 4.69) is 31.2 Å². The summed E-state index contributed by atoms with van der Waals surface area (Å²) in [6, 6.07) is 0. The van der Waals surface area contributed by atoms with Gasteiger partial charge in [-0.2, -0.15) is 16.7 Å². The first-order valence-corrected chi connectivity index (χ1v) is 7.62. The van der Waals surface area contributed by atoms with Crippen LogP contribution in [-0.2, 0) is 0 Å². The number of aromatic nitrogens is 2. The van der Waals surface area contributed by atoms with E-state index in [1.54, 1.807) is 13.3 Å². The predicted molar refractivity (Wildman–Crippen MR) is 74.8 cm³/mol. The van der Waals surface area contributed by atoms with Crippen molar-refractivity contribution >= 4 is 33.6 Å². The Morgan fingerprint density at radius 1 is 1.53 bits per heavy atom. The summed E-state index contributed by atoms with van der Waals surface area (Å²) in [5, 5.41) is 3.28. The molecule has 0 radical (unpaired) electrons. The zero-order valence-corrected chi connectivity index (χ0v) is 12.2. The van der Waals surface area contributed by atoms with E-state index in [0.717, 1.165) is 16.9 Å². The van der Waals surface area contributed by atoms with Gasteiger partial charge in [0, 0.05) is 6.54 Å². The molecule has 94 valence electrons. The highest BCUT2D eigenvalue weighted by Gasteiger charge is 2.14. The molecule has 2 heterocycles. The molecule has 17 heavy (non-hydrogen) atoms. The number of halogens is 1. The topological polar surface area (TPSA) is 47.0 Å². The van der Waals surface area contributed by atoms with Crippen molar-refractivity contribution in [1.29, 1.82) is 0 Å². The molecule has 0 bridgehead atoms. The summed E-state index contributed by atoms with van der Waals surface area (Å²) in [5.41, 5.74) is 0. The second kappa shape index (κ2) is 6.44. The van der Waals surface area contributed by atoms with Crippen molar-refractivity contribution in [2.24, 2.45) is 5.92 Å². The molecule has 2 rings (SSSR count). The van der Waals surface area contributed by atoms with Crippen LogP contribution in [0.3, 0.4) is 0 Å². The van der Waals surface area contributed by atoms with Gasteiger partial charge in [-0.3, -0.25) is 0 Å². The molecule has 6 heteroatoms. The van der Waals surface area contributed by atoms with Crippen LogP contribution >= 0.6 is 27.7 Å². The number of rotatable bonds is 4. The Morgan fingerprint density at radius 2 is 2.29 bits per heavy atom. The zero-order chi connectivity index (χ0) is 12.1. The lowest BCUT2D eigenvalue weighted by Crippen LogP contribution is -2.20. The van der Waals surface area contributed by atoms with Crippen LogP contribution in [0.4, 0.5) is 5.95 Å². The van der Waals surface area contributed by atoms with Gasteiger partial charge in [0.25, 0.3) is 0 Å². The molecule has 0 unspecified atom stereocenters. The summed E-state index contributed by atoms with van der Waals surface area (Å²) in [4.78, 5) is 8.50. The lowest BCUT2D eigenvalue weighted by molar-refractivity contribution is 0.394. The lowest BCUT2D eigenvalue weighted by Gasteiger charge is -2.21. The van der Waals surface area contributed by atoms with Gasteiger partial charge in [0.15, 0.2) is 0 Å². The summed E-state index contributed by atoms with van der Waals surface area (Å²) in [5.74, 6) is 4.51. The number of nitrogens with one attached hydrogen (secondary N) is 1. The van der Waals surface area contributed by atoms with Gasteiger partial charge in [-0.15, -0.1) is 0 Å². The molecular weight excluding hydrogens is 302 g/mol. The van der Waals surface area contributed by atoms with Crippen molar-refractivity contribution in [3.05, 3.63) is 10.7 Å². The molecule has 1 fully saturated rings. The minimum Gasteiger partial charge on any atom is -0.480 e. The van der Waals surface area contributed by atoms with Crippen LogP contribution in [0.5, 0.6) is 5.88 Å². The van der Waals surface area contributed by atoms with Crippen LogP contribution in [0.2, 0.25) is 0 Å². The fourth-order valence-corrected chi connectivity index (χ4v) is 3.32. The number of hydrogen-bond acceptors (Lipinski definition) is 5. The van der Waals surface area contributed by atoms with E-state index >= 15 is 0 Å². The van der Waals surface area contributed by atoms with Gasteiger partial charge < -0.3 is 10.1 Å². The normalized spacial score (nSPS) is 16.8.